The van der Waals surface area contributed by atoms with Crippen LogP contribution in [0.5, 0.6) is 5.75 Å². The largest absolute Gasteiger partial charge is 0.490 e. The van der Waals surface area contributed by atoms with Crippen molar-refractivity contribution in [2.24, 2.45) is 0 Å². The van der Waals surface area contributed by atoms with Crippen LogP contribution in [0.25, 0.3) is 0 Å². The van der Waals surface area contributed by atoms with Crippen molar-refractivity contribution in [2.45, 2.75) is 38.2 Å². The zero-order chi connectivity index (χ0) is 17.6. The van der Waals surface area contributed by atoms with Crippen LogP contribution in [0.2, 0.25) is 0 Å². The van der Waals surface area contributed by atoms with Gasteiger partial charge in [-0.05, 0) is 68.1 Å². The van der Waals surface area contributed by atoms with Crippen LogP contribution >= 0.6 is 0 Å². The molecule has 0 aromatic heterocycles. The van der Waals surface area contributed by atoms with Gasteiger partial charge in [-0.3, -0.25) is 4.79 Å². The van der Waals surface area contributed by atoms with E-state index in [4.69, 9.17) is 10.00 Å². The summed E-state index contributed by atoms with van der Waals surface area (Å²) >= 11 is 0. The lowest BCUT2D eigenvalue weighted by atomic mass is 9.98. The number of anilines is 1. The summed E-state index contributed by atoms with van der Waals surface area (Å²) in [5.74, 6) is 0.705. The van der Waals surface area contributed by atoms with E-state index in [0.717, 1.165) is 18.6 Å². The SMILES string of the molecule is CN(C(=O)c1ccc(OC2CCCCC2)cc1)c1cccc(C#N)c1. The molecule has 0 N–H and O–H groups in total. The van der Waals surface area contributed by atoms with Crippen LogP contribution in [0.4, 0.5) is 5.69 Å². The molecule has 0 heterocycles. The lowest BCUT2D eigenvalue weighted by Crippen LogP contribution is -2.26. The number of amides is 1. The van der Waals surface area contributed by atoms with Gasteiger partial charge in [-0.15, -0.1) is 0 Å². The van der Waals surface area contributed by atoms with Crippen molar-refractivity contribution in [2.75, 3.05) is 11.9 Å². The minimum Gasteiger partial charge on any atom is -0.490 e. The van der Waals surface area contributed by atoms with Crippen LogP contribution in [0.1, 0.15) is 48.0 Å². The summed E-state index contributed by atoms with van der Waals surface area (Å²) in [6, 6.07) is 16.4. The maximum atomic E-state index is 12.6. The summed E-state index contributed by atoms with van der Waals surface area (Å²) in [6.45, 7) is 0. The molecular weight excluding hydrogens is 312 g/mol. The molecule has 3 rings (SSSR count). The second kappa shape index (κ2) is 7.85. The number of hydrogen-bond donors (Lipinski definition) is 0. The predicted octanol–water partition coefficient (Wildman–Crippen LogP) is 4.55. The van der Waals surface area contributed by atoms with E-state index in [1.165, 1.54) is 19.3 Å². The van der Waals surface area contributed by atoms with Crippen LogP contribution in [0.3, 0.4) is 0 Å². The van der Waals surface area contributed by atoms with E-state index in [1.807, 2.05) is 18.2 Å². The Bertz CT molecular complexity index is 771. The van der Waals surface area contributed by atoms with Crippen LogP contribution in [0.15, 0.2) is 48.5 Å². The molecule has 128 valence electrons. The predicted molar refractivity (Wildman–Crippen MR) is 97.8 cm³/mol. The fraction of sp³-hybridized carbons (Fsp3) is 0.333. The Morgan fingerprint density at radius 2 is 1.84 bits per heavy atom. The molecule has 1 amide bonds. The Kier molecular flexibility index (Phi) is 5.35. The Morgan fingerprint density at radius 3 is 2.52 bits per heavy atom. The molecule has 0 aliphatic heterocycles. The standard InChI is InChI=1S/C21H22N2O2/c1-23(18-7-5-6-16(14-18)15-22)21(24)17-10-12-20(13-11-17)25-19-8-3-2-4-9-19/h5-7,10-14,19H,2-4,8-9H2,1H3. The number of carbonyl (C=O) groups excluding carboxylic acids is 1. The molecule has 0 saturated heterocycles. The minimum atomic E-state index is -0.112. The van der Waals surface area contributed by atoms with Gasteiger partial charge in [0.05, 0.1) is 17.7 Å². The molecule has 0 unspecified atom stereocenters. The number of nitrogens with zero attached hydrogens (tertiary/aromatic N) is 2. The summed E-state index contributed by atoms with van der Waals surface area (Å²) in [6.07, 6.45) is 6.28. The van der Waals surface area contributed by atoms with Crippen molar-refractivity contribution >= 4 is 11.6 Å². The van der Waals surface area contributed by atoms with E-state index in [2.05, 4.69) is 6.07 Å². The van der Waals surface area contributed by atoms with Crippen molar-refractivity contribution in [3.63, 3.8) is 0 Å². The van der Waals surface area contributed by atoms with E-state index in [-0.39, 0.29) is 5.91 Å². The highest BCUT2D eigenvalue weighted by Crippen LogP contribution is 2.24. The zero-order valence-electron chi connectivity index (χ0n) is 14.4. The number of hydrogen-bond acceptors (Lipinski definition) is 3. The maximum Gasteiger partial charge on any atom is 0.258 e. The number of carbonyl (C=O) groups is 1. The summed E-state index contributed by atoms with van der Waals surface area (Å²) in [7, 11) is 1.71. The zero-order valence-corrected chi connectivity index (χ0v) is 14.4. The molecule has 1 aliphatic rings. The van der Waals surface area contributed by atoms with Gasteiger partial charge in [-0.2, -0.15) is 5.26 Å². The van der Waals surface area contributed by atoms with Gasteiger partial charge in [0, 0.05) is 18.3 Å². The van der Waals surface area contributed by atoms with Gasteiger partial charge in [0.15, 0.2) is 0 Å². The number of nitriles is 1. The third-order valence-corrected chi connectivity index (χ3v) is 4.62. The van der Waals surface area contributed by atoms with Gasteiger partial charge in [0.2, 0.25) is 0 Å². The van der Waals surface area contributed by atoms with Crippen LogP contribution < -0.4 is 9.64 Å². The lowest BCUT2D eigenvalue weighted by Gasteiger charge is -2.23. The van der Waals surface area contributed by atoms with Crippen molar-refractivity contribution in [1.29, 1.82) is 5.26 Å². The summed E-state index contributed by atoms with van der Waals surface area (Å²) in [4.78, 5) is 14.2. The minimum absolute atomic E-state index is 0.112. The molecule has 1 saturated carbocycles. The molecule has 2 aromatic rings. The topological polar surface area (TPSA) is 53.3 Å². The Hall–Kier alpha value is -2.80. The number of rotatable bonds is 4. The first-order valence-corrected chi connectivity index (χ1v) is 8.72. The van der Waals surface area contributed by atoms with Crippen molar-refractivity contribution in [1.82, 2.24) is 0 Å². The molecular formula is C21H22N2O2. The fourth-order valence-corrected chi connectivity index (χ4v) is 3.15. The third-order valence-electron chi connectivity index (χ3n) is 4.62. The molecule has 2 aromatic carbocycles. The molecule has 0 bridgehead atoms. The van der Waals surface area contributed by atoms with Crippen molar-refractivity contribution in [3.8, 4) is 11.8 Å². The van der Waals surface area contributed by atoms with E-state index in [9.17, 15) is 4.79 Å². The molecule has 25 heavy (non-hydrogen) atoms. The van der Waals surface area contributed by atoms with Gasteiger partial charge in [0.25, 0.3) is 5.91 Å². The molecule has 0 atom stereocenters. The van der Waals surface area contributed by atoms with E-state index in [1.54, 1.807) is 42.3 Å². The van der Waals surface area contributed by atoms with Crippen LogP contribution in [-0.4, -0.2) is 19.1 Å². The highest BCUT2D eigenvalue weighted by molar-refractivity contribution is 6.05. The average Bonchev–Trinajstić information content (AvgIpc) is 2.68. The molecule has 0 radical (unpaired) electrons. The van der Waals surface area contributed by atoms with Crippen LogP contribution in [-0.2, 0) is 0 Å². The van der Waals surface area contributed by atoms with Gasteiger partial charge in [-0.1, -0.05) is 12.5 Å². The summed E-state index contributed by atoms with van der Waals surface area (Å²) in [5, 5.41) is 9.00. The summed E-state index contributed by atoms with van der Waals surface area (Å²) in [5.41, 5.74) is 1.83. The average molecular weight is 334 g/mol. The smallest absolute Gasteiger partial charge is 0.258 e. The van der Waals surface area contributed by atoms with Crippen LogP contribution in [0, 0.1) is 11.3 Å². The highest BCUT2D eigenvalue weighted by atomic mass is 16.5. The first-order valence-electron chi connectivity index (χ1n) is 8.72. The first-order chi connectivity index (χ1) is 12.2. The van der Waals surface area contributed by atoms with E-state index >= 15 is 0 Å². The highest BCUT2D eigenvalue weighted by Gasteiger charge is 2.16. The molecule has 1 fully saturated rings. The Morgan fingerprint density at radius 1 is 1.12 bits per heavy atom. The second-order valence-electron chi connectivity index (χ2n) is 6.43. The van der Waals surface area contributed by atoms with Crippen molar-refractivity contribution in [3.05, 3.63) is 59.7 Å². The third kappa shape index (κ3) is 4.19. The first kappa shape index (κ1) is 17.0. The second-order valence-corrected chi connectivity index (χ2v) is 6.43. The lowest BCUT2D eigenvalue weighted by molar-refractivity contribution is 0.0993. The number of ether oxygens (including phenoxy) is 1. The van der Waals surface area contributed by atoms with E-state index in [0.29, 0.717) is 22.9 Å². The Balaban J connectivity index is 1.68. The monoisotopic (exact) mass is 334 g/mol. The van der Waals surface area contributed by atoms with Gasteiger partial charge in [0.1, 0.15) is 5.75 Å². The summed E-state index contributed by atoms with van der Waals surface area (Å²) < 4.78 is 6.00. The molecule has 4 heteroatoms. The van der Waals surface area contributed by atoms with Crippen molar-refractivity contribution < 1.29 is 9.53 Å². The Labute approximate surface area is 148 Å². The molecule has 4 nitrogen and oxygen atoms in total. The van der Waals surface area contributed by atoms with Gasteiger partial charge in [-0.25, -0.2) is 0 Å². The fourth-order valence-electron chi connectivity index (χ4n) is 3.15. The quantitative estimate of drug-likeness (QED) is 0.824. The number of benzene rings is 2. The normalized spacial score (nSPS) is 14.6. The van der Waals surface area contributed by atoms with E-state index < -0.39 is 0 Å². The molecule has 1 aliphatic carbocycles. The van der Waals surface area contributed by atoms with Gasteiger partial charge < -0.3 is 9.64 Å². The van der Waals surface area contributed by atoms with Gasteiger partial charge >= 0.3 is 0 Å². The molecule has 0 spiro atoms. The maximum absolute atomic E-state index is 12.6.